The van der Waals surface area contributed by atoms with Crippen molar-refractivity contribution in [1.82, 2.24) is 10.3 Å². The van der Waals surface area contributed by atoms with E-state index in [1.165, 1.54) is 12.3 Å². The number of pyridine rings is 1. The first-order valence-electron chi connectivity index (χ1n) is 4.70. The highest BCUT2D eigenvalue weighted by Crippen LogP contribution is 1.98. The van der Waals surface area contributed by atoms with Crippen molar-refractivity contribution in [3.05, 3.63) is 30.1 Å². The molecule has 5 nitrogen and oxygen atoms in total. The Morgan fingerprint density at radius 1 is 1.50 bits per heavy atom. The van der Waals surface area contributed by atoms with Gasteiger partial charge in [0.1, 0.15) is 11.7 Å². The van der Waals surface area contributed by atoms with Crippen molar-refractivity contribution >= 4 is 24.5 Å². The average molecular weight is 240 g/mol. The minimum atomic E-state index is -1.07. The van der Waals surface area contributed by atoms with Crippen molar-refractivity contribution in [2.24, 2.45) is 0 Å². The van der Waals surface area contributed by atoms with Gasteiger partial charge in [-0.05, 0) is 24.3 Å². The second-order valence-corrected chi connectivity index (χ2v) is 3.54. The zero-order valence-corrected chi connectivity index (χ0v) is 9.35. The van der Waals surface area contributed by atoms with Crippen LogP contribution in [0, 0.1) is 0 Å². The van der Waals surface area contributed by atoms with Gasteiger partial charge in [0.2, 0.25) is 0 Å². The van der Waals surface area contributed by atoms with E-state index < -0.39 is 17.9 Å². The molecule has 0 bridgehead atoms. The fourth-order valence-electron chi connectivity index (χ4n) is 1.12. The van der Waals surface area contributed by atoms with Gasteiger partial charge >= 0.3 is 5.97 Å². The van der Waals surface area contributed by atoms with Gasteiger partial charge in [-0.15, -0.1) is 0 Å². The summed E-state index contributed by atoms with van der Waals surface area (Å²) in [7, 11) is 0. The molecule has 0 spiro atoms. The molecule has 0 aliphatic heterocycles. The van der Waals surface area contributed by atoms with Crippen LogP contribution in [0.3, 0.4) is 0 Å². The first-order valence-corrected chi connectivity index (χ1v) is 5.34. The molecule has 0 unspecified atom stereocenters. The van der Waals surface area contributed by atoms with E-state index in [1.807, 2.05) is 0 Å². The maximum Gasteiger partial charge on any atom is 0.326 e. The van der Waals surface area contributed by atoms with E-state index in [0.717, 1.165) is 0 Å². The minimum Gasteiger partial charge on any atom is -0.480 e. The third-order valence-corrected chi connectivity index (χ3v) is 2.18. The van der Waals surface area contributed by atoms with E-state index in [4.69, 9.17) is 5.11 Å². The van der Waals surface area contributed by atoms with Gasteiger partial charge in [0.15, 0.2) is 0 Å². The maximum absolute atomic E-state index is 11.6. The topological polar surface area (TPSA) is 79.3 Å². The number of hydrogen-bond acceptors (Lipinski definition) is 4. The van der Waals surface area contributed by atoms with Crippen LogP contribution in [0.25, 0.3) is 0 Å². The number of rotatable bonds is 5. The maximum atomic E-state index is 11.6. The van der Waals surface area contributed by atoms with E-state index in [1.54, 1.807) is 12.1 Å². The largest absolute Gasteiger partial charge is 0.480 e. The van der Waals surface area contributed by atoms with Crippen LogP contribution in [-0.2, 0) is 4.79 Å². The normalized spacial score (nSPS) is 11.8. The standard InChI is InChI=1S/C10H12N2O3S/c13-9(7-3-1-2-5-11-7)12-8(4-6-16)10(14)15/h1-3,5,8,16H,4,6H2,(H,12,13)(H,14,15)/t8-/m0/s1. The van der Waals surface area contributed by atoms with Gasteiger partial charge in [-0.2, -0.15) is 12.6 Å². The highest BCUT2D eigenvalue weighted by Gasteiger charge is 2.19. The summed E-state index contributed by atoms with van der Waals surface area (Å²) in [6.07, 6.45) is 1.75. The molecule has 1 heterocycles. The molecule has 6 heteroatoms. The summed E-state index contributed by atoms with van der Waals surface area (Å²) >= 11 is 3.93. The van der Waals surface area contributed by atoms with Gasteiger partial charge in [0.05, 0.1) is 0 Å². The molecule has 0 fully saturated rings. The molecule has 1 aromatic rings. The van der Waals surface area contributed by atoms with Crippen LogP contribution in [-0.4, -0.2) is 33.8 Å². The molecule has 0 aliphatic carbocycles. The third kappa shape index (κ3) is 3.54. The lowest BCUT2D eigenvalue weighted by molar-refractivity contribution is -0.139. The molecule has 86 valence electrons. The molecule has 0 aromatic carbocycles. The molecular weight excluding hydrogens is 228 g/mol. The second kappa shape index (κ2) is 6.12. The Morgan fingerprint density at radius 2 is 2.25 bits per heavy atom. The Labute approximate surface area is 98.3 Å². The second-order valence-electron chi connectivity index (χ2n) is 3.09. The summed E-state index contributed by atoms with van der Waals surface area (Å²) < 4.78 is 0. The first-order chi connectivity index (χ1) is 7.65. The fraction of sp³-hybridized carbons (Fsp3) is 0.300. The summed E-state index contributed by atoms with van der Waals surface area (Å²) in [5.74, 6) is -1.17. The van der Waals surface area contributed by atoms with Gasteiger partial charge in [0, 0.05) is 6.20 Å². The molecule has 1 atom stereocenters. The Hall–Kier alpha value is -1.56. The molecule has 2 N–H and O–H groups in total. The van der Waals surface area contributed by atoms with Crippen molar-refractivity contribution in [2.45, 2.75) is 12.5 Å². The number of nitrogens with zero attached hydrogens (tertiary/aromatic N) is 1. The van der Waals surface area contributed by atoms with Crippen LogP contribution < -0.4 is 5.32 Å². The first kappa shape index (κ1) is 12.5. The van der Waals surface area contributed by atoms with Gasteiger partial charge in [0.25, 0.3) is 5.91 Å². The Balaban J connectivity index is 2.65. The number of carboxylic acid groups (broad SMARTS) is 1. The van der Waals surface area contributed by atoms with Crippen molar-refractivity contribution in [3.63, 3.8) is 0 Å². The van der Waals surface area contributed by atoms with Crippen LogP contribution in [0.15, 0.2) is 24.4 Å². The number of hydrogen-bond donors (Lipinski definition) is 3. The average Bonchev–Trinajstić information content (AvgIpc) is 2.29. The monoisotopic (exact) mass is 240 g/mol. The SMILES string of the molecule is O=C(N[C@@H](CCS)C(=O)O)c1ccccn1. The Kier molecular flexibility index (Phi) is 4.78. The number of carboxylic acids is 1. The lowest BCUT2D eigenvalue weighted by Gasteiger charge is -2.12. The van der Waals surface area contributed by atoms with E-state index >= 15 is 0 Å². The zero-order chi connectivity index (χ0) is 12.0. The molecule has 1 rings (SSSR count). The highest BCUT2D eigenvalue weighted by molar-refractivity contribution is 7.80. The molecule has 1 amide bonds. The molecule has 0 saturated heterocycles. The zero-order valence-electron chi connectivity index (χ0n) is 8.46. The fourth-order valence-corrected chi connectivity index (χ4v) is 1.37. The van der Waals surface area contributed by atoms with Crippen molar-refractivity contribution < 1.29 is 14.7 Å². The number of amides is 1. The number of thiol groups is 1. The number of nitrogens with one attached hydrogen (secondary N) is 1. The van der Waals surface area contributed by atoms with Crippen LogP contribution in [0.5, 0.6) is 0 Å². The predicted molar refractivity (Wildman–Crippen MR) is 61.6 cm³/mol. The molecule has 0 aliphatic rings. The van der Waals surface area contributed by atoms with Crippen molar-refractivity contribution in [3.8, 4) is 0 Å². The minimum absolute atomic E-state index is 0.202. The Bertz CT molecular complexity index is 370. The smallest absolute Gasteiger partial charge is 0.326 e. The van der Waals surface area contributed by atoms with E-state index in [2.05, 4.69) is 22.9 Å². The summed E-state index contributed by atoms with van der Waals surface area (Å²) in [4.78, 5) is 26.2. The van der Waals surface area contributed by atoms with Gasteiger partial charge in [-0.1, -0.05) is 6.07 Å². The van der Waals surface area contributed by atoms with Crippen LogP contribution in [0.2, 0.25) is 0 Å². The molecule has 0 radical (unpaired) electrons. The van der Waals surface area contributed by atoms with Crippen LogP contribution >= 0.6 is 12.6 Å². The number of aromatic nitrogens is 1. The quantitative estimate of drug-likeness (QED) is 0.658. The lowest BCUT2D eigenvalue weighted by atomic mass is 10.2. The molecule has 16 heavy (non-hydrogen) atoms. The number of carbonyl (C=O) groups is 2. The predicted octanol–water partition coefficient (Wildman–Crippen LogP) is 0.585. The summed E-state index contributed by atoms with van der Waals surface area (Å²) in [6, 6.07) is 3.94. The van der Waals surface area contributed by atoms with Gasteiger partial charge < -0.3 is 10.4 Å². The number of aliphatic carboxylic acids is 1. The summed E-state index contributed by atoms with van der Waals surface area (Å²) in [5, 5.41) is 11.2. The third-order valence-electron chi connectivity index (χ3n) is 1.92. The summed E-state index contributed by atoms with van der Waals surface area (Å²) in [6.45, 7) is 0. The summed E-state index contributed by atoms with van der Waals surface area (Å²) in [5.41, 5.74) is 0.202. The molecule has 1 aromatic heterocycles. The van der Waals surface area contributed by atoms with E-state index in [9.17, 15) is 9.59 Å². The Morgan fingerprint density at radius 3 is 2.75 bits per heavy atom. The molecule has 0 saturated carbocycles. The highest BCUT2D eigenvalue weighted by atomic mass is 32.1. The van der Waals surface area contributed by atoms with E-state index in [-0.39, 0.29) is 12.1 Å². The molecular formula is C10H12N2O3S. The van der Waals surface area contributed by atoms with Crippen molar-refractivity contribution in [1.29, 1.82) is 0 Å². The number of carbonyl (C=O) groups excluding carboxylic acids is 1. The van der Waals surface area contributed by atoms with Crippen LogP contribution in [0.4, 0.5) is 0 Å². The van der Waals surface area contributed by atoms with Crippen molar-refractivity contribution in [2.75, 3.05) is 5.75 Å². The van der Waals surface area contributed by atoms with Gasteiger partial charge in [-0.25, -0.2) is 4.79 Å². The van der Waals surface area contributed by atoms with Gasteiger partial charge in [-0.3, -0.25) is 9.78 Å². The lowest BCUT2D eigenvalue weighted by Crippen LogP contribution is -2.41. The van der Waals surface area contributed by atoms with E-state index in [0.29, 0.717) is 5.75 Å². The van der Waals surface area contributed by atoms with Crippen LogP contribution in [0.1, 0.15) is 16.9 Å².